The summed E-state index contributed by atoms with van der Waals surface area (Å²) in [6.45, 7) is 14.3. The lowest BCUT2D eigenvalue weighted by molar-refractivity contribution is 0.0601. The van der Waals surface area contributed by atoms with Crippen molar-refractivity contribution in [1.29, 1.82) is 0 Å². The lowest BCUT2D eigenvalue weighted by atomic mass is 9.97. The molecule has 0 fully saturated rings. The van der Waals surface area contributed by atoms with Crippen LogP contribution >= 0.6 is 0 Å². The van der Waals surface area contributed by atoms with E-state index < -0.39 is 5.97 Å². The third kappa shape index (κ3) is 2.36. The topological polar surface area (TPSA) is 35.0 Å². The maximum absolute atomic E-state index is 11.8. The normalized spacial score (nSPS) is 9.35. The lowest BCUT2D eigenvalue weighted by Gasteiger charge is -2.10. The van der Waals surface area contributed by atoms with Crippen LogP contribution in [0.4, 0.5) is 11.4 Å². The molecule has 0 bridgehead atoms. The van der Waals surface area contributed by atoms with E-state index in [1.54, 1.807) is 42.5 Å². The number of ether oxygens (including phenoxy) is 1. The summed E-state index contributed by atoms with van der Waals surface area (Å²) < 4.78 is 4.75. The van der Waals surface area contributed by atoms with Crippen molar-refractivity contribution in [2.45, 2.75) is 0 Å². The molecule has 0 amide bonds. The summed E-state index contributed by atoms with van der Waals surface area (Å²) in [6.07, 6.45) is 0. The Bertz CT molecular complexity index is 752. The van der Waals surface area contributed by atoms with Crippen molar-refractivity contribution in [3.63, 3.8) is 0 Å². The Kier molecular flexibility index (Phi) is 3.79. The van der Waals surface area contributed by atoms with Gasteiger partial charge in [-0.25, -0.2) is 14.5 Å². The van der Waals surface area contributed by atoms with Gasteiger partial charge >= 0.3 is 5.97 Å². The van der Waals surface area contributed by atoms with Gasteiger partial charge in [-0.1, -0.05) is 36.4 Å². The second kappa shape index (κ2) is 5.69. The van der Waals surface area contributed by atoms with Crippen LogP contribution in [0.3, 0.4) is 0 Å². The number of carbonyl (C=O) groups is 1. The molecular formula is C16H10N2O2. The van der Waals surface area contributed by atoms with Gasteiger partial charge in [0.25, 0.3) is 0 Å². The predicted molar refractivity (Wildman–Crippen MR) is 75.7 cm³/mol. The Morgan fingerprint density at radius 2 is 1.80 bits per heavy atom. The molecule has 0 heterocycles. The molecule has 0 aliphatic rings. The lowest BCUT2D eigenvalue weighted by Crippen LogP contribution is -2.03. The fraction of sp³-hybridized carbons (Fsp3) is 0.0625. The van der Waals surface area contributed by atoms with Gasteiger partial charge < -0.3 is 4.74 Å². The monoisotopic (exact) mass is 262 g/mol. The SMILES string of the molecule is [C-]#[N+]c1ccc(C(=O)OC)c(-c2ccccc2[N+]#[C-])c1. The van der Waals surface area contributed by atoms with Gasteiger partial charge in [0.1, 0.15) is 0 Å². The Morgan fingerprint density at radius 3 is 2.45 bits per heavy atom. The maximum atomic E-state index is 11.8. The van der Waals surface area contributed by atoms with Gasteiger partial charge in [0.15, 0.2) is 11.4 Å². The van der Waals surface area contributed by atoms with Crippen LogP contribution in [0.2, 0.25) is 0 Å². The number of carbonyl (C=O) groups excluding carboxylic acids is 1. The molecular weight excluding hydrogens is 252 g/mol. The molecule has 0 saturated heterocycles. The van der Waals surface area contributed by atoms with E-state index in [2.05, 4.69) is 9.69 Å². The summed E-state index contributed by atoms with van der Waals surface area (Å²) in [7, 11) is 1.30. The number of hydrogen-bond donors (Lipinski definition) is 0. The molecule has 0 unspecified atom stereocenters. The fourth-order valence-corrected chi connectivity index (χ4v) is 1.91. The predicted octanol–water partition coefficient (Wildman–Crippen LogP) is 4.24. The van der Waals surface area contributed by atoms with E-state index in [1.165, 1.54) is 7.11 Å². The molecule has 0 saturated carbocycles. The molecule has 20 heavy (non-hydrogen) atoms. The molecule has 96 valence electrons. The fourth-order valence-electron chi connectivity index (χ4n) is 1.91. The van der Waals surface area contributed by atoms with Gasteiger partial charge in [0, 0.05) is 0 Å². The first-order valence-corrected chi connectivity index (χ1v) is 5.78. The molecule has 0 atom stereocenters. The van der Waals surface area contributed by atoms with Crippen molar-refractivity contribution in [1.82, 2.24) is 0 Å². The third-order valence-corrected chi connectivity index (χ3v) is 2.85. The van der Waals surface area contributed by atoms with Gasteiger partial charge in [-0.2, -0.15) is 0 Å². The standard InChI is InChI=1S/C16H10N2O2/c1-17-11-8-9-13(16(19)20-3)14(10-11)12-6-4-5-7-15(12)18-2/h4-10H,3H3. The minimum absolute atomic E-state index is 0.344. The van der Waals surface area contributed by atoms with E-state index in [0.29, 0.717) is 28.1 Å². The number of nitrogens with zero attached hydrogens (tertiary/aromatic N) is 2. The minimum atomic E-state index is -0.490. The van der Waals surface area contributed by atoms with Crippen LogP contribution in [-0.2, 0) is 4.74 Å². The van der Waals surface area contributed by atoms with Gasteiger partial charge in [0.2, 0.25) is 0 Å². The van der Waals surface area contributed by atoms with Crippen LogP contribution in [0.1, 0.15) is 10.4 Å². The quantitative estimate of drug-likeness (QED) is 0.599. The third-order valence-electron chi connectivity index (χ3n) is 2.85. The molecule has 0 radical (unpaired) electrons. The van der Waals surface area contributed by atoms with Gasteiger partial charge in [-0.05, 0) is 17.2 Å². The van der Waals surface area contributed by atoms with Crippen LogP contribution in [-0.4, -0.2) is 13.1 Å². The average molecular weight is 262 g/mol. The van der Waals surface area contributed by atoms with Crippen LogP contribution in [0, 0.1) is 13.1 Å². The van der Waals surface area contributed by atoms with Crippen LogP contribution < -0.4 is 0 Å². The number of rotatable bonds is 2. The first-order chi connectivity index (χ1) is 9.71. The molecule has 2 aromatic rings. The molecule has 0 N–H and O–H groups in total. The number of benzene rings is 2. The summed E-state index contributed by atoms with van der Waals surface area (Å²) in [4.78, 5) is 18.6. The summed E-state index contributed by atoms with van der Waals surface area (Å²) in [6, 6.07) is 11.7. The van der Waals surface area contributed by atoms with Crippen molar-refractivity contribution in [3.05, 3.63) is 70.9 Å². The summed E-state index contributed by atoms with van der Waals surface area (Å²) in [5, 5.41) is 0. The van der Waals surface area contributed by atoms with Crippen molar-refractivity contribution in [2.75, 3.05) is 7.11 Å². The highest BCUT2D eigenvalue weighted by Crippen LogP contribution is 2.35. The Morgan fingerprint density at radius 1 is 1.05 bits per heavy atom. The molecule has 2 rings (SSSR count). The number of para-hydroxylation sites is 1. The van der Waals surface area contributed by atoms with E-state index in [0.717, 1.165) is 0 Å². The molecule has 4 nitrogen and oxygen atoms in total. The van der Waals surface area contributed by atoms with Crippen LogP contribution in [0.15, 0.2) is 42.5 Å². The highest BCUT2D eigenvalue weighted by atomic mass is 16.5. The van der Waals surface area contributed by atoms with E-state index in [1.807, 2.05) is 0 Å². The summed E-state index contributed by atoms with van der Waals surface area (Å²) >= 11 is 0. The van der Waals surface area contributed by atoms with Crippen molar-refractivity contribution in [2.24, 2.45) is 0 Å². The Hall–Kier alpha value is -3.11. The highest BCUT2D eigenvalue weighted by molar-refractivity contribution is 6.00. The zero-order chi connectivity index (χ0) is 14.5. The van der Waals surface area contributed by atoms with E-state index in [4.69, 9.17) is 17.9 Å². The second-order valence-corrected chi connectivity index (χ2v) is 3.96. The average Bonchev–Trinajstić information content (AvgIpc) is 2.53. The first-order valence-electron chi connectivity index (χ1n) is 5.78. The van der Waals surface area contributed by atoms with Gasteiger partial charge in [-0.15, -0.1) is 0 Å². The summed E-state index contributed by atoms with van der Waals surface area (Å²) in [5.41, 5.74) is 2.34. The molecule has 0 aliphatic heterocycles. The van der Waals surface area contributed by atoms with Crippen molar-refractivity contribution >= 4 is 17.3 Å². The molecule has 0 spiro atoms. The number of methoxy groups -OCH3 is 1. The van der Waals surface area contributed by atoms with Gasteiger partial charge in [-0.3, -0.25) is 0 Å². The van der Waals surface area contributed by atoms with E-state index in [9.17, 15) is 4.79 Å². The van der Waals surface area contributed by atoms with Gasteiger partial charge in [0.05, 0.1) is 25.8 Å². The molecule has 0 aromatic heterocycles. The summed E-state index contributed by atoms with van der Waals surface area (Å²) in [5.74, 6) is -0.490. The molecule has 0 aliphatic carbocycles. The highest BCUT2D eigenvalue weighted by Gasteiger charge is 2.16. The molecule has 4 heteroatoms. The number of esters is 1. The van der Waals surface area contributed by atoms with Crippen LogP contribution in [0.5, 0.6) is 0 Å². The zero-order valence-electron chi connectivity index (χ0n) is 10.8. The largest absolute Gasteiger partial charge is 0.465 e. The minimum Gasteiger partial charge on any atom is -0.465 e. The maximum Gasteiger partial charge on any atom is 0.338 e. The first kappa shape index (κ1) is 13.3. The smallest absolute Gasteiger partial charge is 0.338 e. The van der Waals surface area contributed by atoms with E-state index in [-0.39, 0.29) is 0 Å². The zero-order valence-corrected chi connectivity index (χ0v) is 10.8. The Balaban J connectivity index is 2.74. The van der Waals surface area contributed by atoms with Crippen LogP contribution in [0.25, 0.3) is 20.8 Å². The Labute approximate surface area is 116 Å². The molecule has 2 aromatic carbocycles. The van der Waals surface area contributed by atoms with Crippen molar-refractivity contribution in [3.8, 4) is 11.1 Å². The second-order valence-electron chi connectivity index (χ2n) is 3.96. The number of hydrogen-bond acceptors (Lipinski definition) is 2. The van der Waals surface area contributed by atoms with E-state index >= 15 is 0 Å². The van der Waals surface area contributed by atoms with Crippen molar-refractivity contribution < 1.29 is 9.53 Å².